The van der Waals surface area contributed by atoms with Gasteiger partial charge in [-0.15, -0.1) is 0 Å². The number of piperidine rings is 1. The lowest BCUT2D eigenvalue weighted by Crippen LogP contribution is -2.53. The number of benzene rings is 1. The fourth-order valence-electron chi connectivity index (χ4n) is 6.02. The molecule has 0 spiro atoms. The molecule has 2 aromatic rings. The van der Waals surface area contributed by atoms with Gasteiger partial charge in [-0.2, -0.15) is 0 Å². The van der Waals surface area contributed by atoms with Crippen LogP contribution in [0.25, 0.3) is 10.9 Å². The summed E-state index contributed by atoms with van der Waals surface area (Å²) in [7, 11) is 1.80. The summed E-state index contributed by atoms with van der Waals surface area (Å²) in [5.74, 6) is -0.0346. The molecule has 35 heavy (non-hydrogen) atoms. The number of aliphatic hydroxyl groups is 1. The number of nitrogens with zero attached hydrogens (tertiary/aromatic N) is 3. The molecule has 1 aliphatic carbocycles. The number of pyridine rings is 1. The van der Waals surface area contributed by atoms with Gasteiger partial charge in [-0.05, 0) is 76.1 Å². The molecular weight excluding hydrogens is 438 g/mol. The summed E-state index contributed by atoms with van der Waals surface area (Å²) in [6.45, 7) is 7.78. The molecule has 4 rings (SSSR count). The maximum absolute atomic E-state index is 13.9. The van der Waals surface area contributed by atoms with Gasteiger partial charge in [-0.1, -0.05) is 44.4 Å². The summed E-state index contributed by atoms with van der Waals surface area (Å²) in [6, 6.07) is 9.83. The second-order valence-electron chi connectivity index (χ2n) is 11.2. The van der Waals surface area contributed by atoms with Crippen LogP contribution >= 0.6 is 0 Å². The van der Waals surface area contributed by atoms with Gasteiger partial charge in [0.25, 0.3) is 5.56 Å². The van der Waals surface area contributed by atoms with Crippen molar-refractivity contribution in [1.82, 2.24) is 14.4 Å². The highest BCUT2D eigenvalue weighted by atomic mass is 16.3. The SMILES string of the molecule is CCC(C)(CCN1CCCCC1)N(Cc1cc2ccccc2n(C)c1=O)C(=O)CC1(O)CCCC1. The van der Waals surface area contributed by atoms with Gasteiger partial charge in [-0.3, -0.25) is 9.59 Å². The van der Waals surface area contributed by atoms with Gasteiger partial charge < -0.3 is 19.5 Å². The Balaban J connectivity index is 1.65. The van der Waals surface area contributed by atoms with Crippen molar-refractivity contribution >= 4 is 16.8 Å². The van der Waals surface area contributed by atoms with Crippen molar-refractivity contribution < 1.29 is 9.90 Å². The zero-order valence-electron chi connectivity index (χ0n) is 21.9. The predicted octanol–water partition coefficient (Wildman–Crippen LogP) is 4.61. The zero-order chi connectivity index (χ0) is 25.1. The first-order chi connectivity index (χ1) is 16.7. The number of fused-ring (bicyclic) bond motifs is 1. The molecule has 1 aromatic carbocycles. The van der Waals surface area contributed by atoms with E-state index in [0.29, 0.717) is 18.4 Å². The van der Waals surface area contributed by atoms with Crippen molar-refractivity contribution in [3.05, 3.63) is 46.2 Å². The maximum atomic E-state index is 13.9. The zero-order valence-corrected chi connectivity index (χ0v) is 21.9. The van der Waals surface area contributed by atoms with Crippen LogP contribution in [-0.4, -0.2) is 56.2 Å². The third-order valence-corrected chi connectivity index (χ3v) is 8.68. The average Bonchev–Trinajstić information content (AvgIpc) is 3.30. The molecule has 192 valence electrons. The Morgan fingerprint density at radius 2 is 1.80 bits per heavy atom. The van der Waals surface area contributed by atoms with Crippen LogP contribution < -0.4 is 5.56 Å². The van der Waals surface area contributed by atoms with E-state index in [1.807, 2.05) is 35.2 Å². The largest absolute Gasteiger partial charge is 0.389 e. The number of aromatic nitrogens is 1. The summed E-state index contributed by atoms with van der Waals surface area (Å²) in [6.07, 6.45) is 8.89. The number of likely N-dealkylation sites (tertiary alicyclic amines) is 1. The van der Waals surface area contributed by atoms with Crippen LogP contribution in [0.15, 0.2) is 35.1 Å². The number of amides is 1. The van der Waals surface area contributed by atoms with Crippen molar-refractivity contribution in [3.8, 4) is 0 Å². The molecule has 1 amide bonds. The topological polar surface area (TPSA) is 65.8 Å². The Morgan fingerprint density at radius 3 is 2.49 bits per heavy atom. The van der Waals surface area contributed by atoms with E-state index in [4.69, 9.17) is 0 Å². The van der Waals surface area contributed by atoms with Crippen LogP contribution in [-0.2, 0) is 18.4 Å². The Kier molecular flexibility index (Phi) is 8.02. The van der Waals surface area contributed by atoms with Crippen molar-refractivity contribution in [2.24, 2.45) is 7.05 Å². The molecule has 1 atom stereocenters. The van der Waals surface area contributed by atoms with Crippen LogP contribution in [0, 0.1) is 0 Å². The van der Waals surface area contributed by atoms with E-state index in [-0.39, 0.29) is 30.0 Å². The highest BCUT2D eigenvalue weighted by molar-refractivity contribution is 5.80. The lowest BCUT2D eigenvalue weighted by molar-refractivity contribution is -0.144. The minimum Gasteiger partial charge on any atom is -0.389 e. The highest BCUT2D eigenvalue weighted by Gasteiger charge is 2.40. The number of hydrogen-bond acceptors (Lipinski definition) is 4. The van der Waals surface area contributed by atoms with E-state index in [1.165, 1.54) is 19.3 Å². The van der Waals surface area contributed by atoms with Crippen molar-refractivity contribution in [1.29, 1.82) is 0 Å². The van der Waals surface area contributed by atoms with Gasteiger partial charge in [0.2, 0.25) is 5.91 Å². The Hall–Kier alpha value is -2.18. The third kappa shape index (κ3) is 5.80. The van der Waals surface area contributed by atoms with Crippen LogP contribution in [0.5, 0.6) is 0 Å². The standard InChI is InChI=1S/C29H43N3O3/c1-4-28(2,16-19-31-17-10-5-11-18-31)32(26(33)21-29(35)14-8-9-15-29)22-24-20-23-12-6-7-13-25(23)30(3)27(24)34/h6-7,12-13,20,35H,4-5,8-11,14-19,21-22H2,1-3H3. The van der Waals surface area contributed by atoms with Crippen molar-refractivity contribution in [2.45, 2.75) is 95.7 Å². The van der Waals surface area contributed by atoms with Crippen LogP contribution in [0.1, 0.15) is 83.6 Å². The summed E-state index contributed by atoms with van der Waals surface area (Å²) < 4.78 is 1.69. The molecule has 6 nitrogen and oxygen atoms in total. The molecule has 2 fully saturated rings. The van der Waals surface area contributed by atoms with E-state index in [1.54, 1.807) is 11.6 Å². The first kappa shape index (κ1) is 25.9. The van der Waals surface area contributed by atoms with Gasteiger partial charge in [0, 0.05) is 24.7 Å². The highest BCUT2D eigenvalue weighted by Crippen LogP contribution is 2.35. The third-order valence-electron chi connectivity index (χ3n) is 8.68. The molecule has 6 heteroatoms. The molecule has 0 radical (unpaired) electrons. The molecule has 1 aromatic heterocycles. The van der Waals surface area contributed by atoms with E-state index in [9.17, 15) is 14.7 Å². The number of carbonyl (C=O) groups excluding carboxylic acids is 1. The van der Waals surface area contributed by atoms with E-state index in [2.05, 4.69) is 18.7 Å². The lowest BCUT2D eigenvalue weighted by atomic mass is 9.88. The quantitative estimate of drug-likeness (QED) is 0.568. The fourth-order valence-corrected chi connectivity index (χ4v) is 6.02. The molecule has 1 unspecified atom stereocenters. The first-order valence-corrected chi connectivity index (χ1v) is 13.6. The Morgan fingerprint density at radius 1 is 1.11 bits per heavy atom. The molecule has 2 heterocycles. The van der Waals surface area contributed by atoms with Crippen molar-refractivity contribution in [2.75, 3.05) is 19.6 Å². The van der Waals surface area contributed by atoms with Crippen molar-refractivity contribution in [3.63, 3.8) is 0 Å². The second-order valence-corrected chi connectivity index (χ2v) is 11.2. The van der Waals surface area contributed by atoms with E-state index < -0.39 is 5.60 Å². The molecule has 1 saturated heterocycles. The smallest absolute Gasteiger partial charge is 0.255 e. The van der Waals surface area contributed by atoms with Gasteiger partial charge in [0.15, 0.2) is 0 Å². The maximum Gasteiger partial charge on any atom is 0.255 e. The fraction of sp³-hybridized carbons (Fsp3) is 0.655. The molecule has 1 saturated carbocycles. The van der Waals surface area contributed by atoms with E-state index >= 15 is 0 Å². The Bertz CT molecular complexity index is 1080. The summed E-state index contributed by atoms with van der Waals surface area (Å²) in [5, 5.41) is 12.1. The number of para-hydroxylation sites is 1. The van der Waals surface area contributed by atoms with Gasteiger partial charge in [0.05, 0.1) is 24.1 Å². The van der Waals surface area contributed by atoms with Crippen LogP contribution in [0.2, 0.25) is 0 Å². The molecular formula is C29H43N3O3. The lowest BCUT2D eigenvalue weighted by Gasteiger charge is -2.43. The van der Waals surface area contributed by atoms with Gasteiger partial charge in [-0.25, -0.2) is 0 Å². The summed E-state index contributed by atoms with van der Waals surface area (Å²) >= 11 is 0. The summed E-state index contributed by atoms with van der Waals surface area (Å²) in [5.41, 5.74) is 0.166. The molecule has 0 bridgehead atoms. The number of hydrogen-bond donors (Lipinski definition) is 1. The number of rotatable bonds is 9. The number of aryl methyl sites for hydroxylation is 1. The minimum atomic E-state index is -0.912. The summed E-state index contributed by atoms with van der Waals surface area (Å²) in [4.78, 5) is 31.6. The van der Waals surface area contributed by atoms with E-state index in [0.717, 1.165) is 56.2 Å². The van der Waals surface area contributed by atoms with Gasteiger partial charge in [0.1, 0.15) is 0 Å². The van der Waals surface area contributed by atoms with Crippen LogP contribution in [0.4, 0.5) is 0 Å². The molecule has 2 aliphatic rings. The first-order valence-electron chi connectivity index (χ1n) is 13.6. The molecule has 1 aliphatic heterocycles. The number of carbonyl (C=O) groups is 1. The molecule has 1 N–H and O–H groups in total. The average molecular weight is 482 g/mol. The van der Waals surface area contributed by atoms with Crippen LogP contribution in [0.3, 0.4) is 0 Å². The van der Waals surface area contributed by atoms with Gasteiger partial charge >= 0.3 is 0 Å². The normalized spacial score (nSPS) is 20.1. The predicted molar refractivity (Wildman–Crippen MR) is 141 cm³/mol. The minimum absolute atomic E-state index is 0.0346. The second kappa shape index (κ2) is 10.8. The monoisotopic (exact) mass is 481 g/mol. The Labute approximate surface area is 209 Å².